The van der Waals surface area contributed by atoms with Crippen LogP contribution in [-0.4, -0.2) is 16.1 Å². The molecule has 7 heteroatoms. The average molecular weight is 311 g/mol. The van der Waals surface area contributed by atoms with E-state index in [-0.39, 0.29) is 0 Å². The Morgan fingerprint density at radius 2 is 2.00 bits per heavy atom. The Morgan fingerprint density at radius 1 is 1.27 bits per heavy atom. The number of aromatic nitrogens is 1. The lowest BCUT2D eigenvalue weighted by molar-refractivity contribution is -0.138. The lowest BCUT2D eigenvalue weighted by Gasteiger charge is -2.16. The van der Waals surface area contributed by atoms with Crippen LogP contribution < -0.4 is 4.74 Å². The van der Waals surface area contributed by atoms with Gasteiger partial charge in [0.2, 0.25) is 0 Å². The number of rotatable bonds is 4. The van der Waals surface area contributed by atoms with Gasteiger partial charge in [0.25, 0.3) is 0 Å². The van der Waals surface area contributed by atoms with Crippen molar-refractivity contribution in [3.63, 3.8) is 0 Å². The van der Waals surface area contributed by atoms with Crippen LogP contribution in [0.3, 0.4) is 0 Å². The number of hydrogen-bond donors (Lipinski definition) is 1. The summed E-state index contributed by atoms with van der Waals surface area (Å²) < 4.78 is 44.4. The zero-order valence-corrected chi connectivity index (χ0v) is 11.5. The molecule has 0 atom stereocenters. The van der Waals surface area contributed by atoms with Gasteiger partial charge in [-0.05, 0) is 31.2 Å². The predicted molar refractivity (Wildman–Crippen MR) is 71.7 cm³/mol. The zero-order valence-electron chi connectivity index (χ0n) is 11.5. The molecular weight excluding hydrogens is 299 g/mol. The van der Waals surface area contributed by atoms with Crippen molar-refractivity contribution in [2.24, 2.45) is 0 Å². The number of aryl methyl sites for hydroxylation is 1. The van der Waals surface area contributed by atoms with Gasteiger partial charge in [-0.15, -0.1) is 0 Å². The maximum atomic E-state index is 13.0. The van der Waals surface area contributed by atoms with E-state index in [1.807, 2.05) is 0 Å². The molecule has 1 aromatic heterocycles. The Hall–Kier alpha value is -2.57. The molecule has 22 heavy (non-hydrogen) atoms. The second-order valence-corrected chi connectivity index (χ2v) is 4.51. The molecule has 4 nitrogen and oxygen atoms in total. The third-order valence-electron chi connectivity index (χ3n) is 3.04. The monoisotopic (exact) mass is 311 g/mol. The molecule has 1 heterocycles. The fourth-order valence-corrected chi connectivity index (χ4v) is 1.98. The minimum absolute atomic E-state index is 0.302. The lowest BCUT2D eigenvalue weighted by Crippen LogP contribution is -2.15. The van der Waals surface area contributed by atoms with E-state index in [1.54, 1.807) is 19.1 Å². The summed E-state index contributed by atoms with van der Waals surface area (Å²) in [5.74, 6) is -1.14. The number of carbonyl (C=O) groups is 1. The molecule has 0 aliphatic rings. The molecule has 0 aliphatic carbocycles. The molecule has 0 radical (unpaired) electrons. The van der Waals surface area contributed by atoms with Crippen molar-refractivity contribution < 1.29 is 27.8 Å². The molecule has 0 aliphatic heterocycles. The summed E-state index contributed by atoms with van der Waals surface area (Å²) in [7, 11) is 0. The molecule has 2 rings (SSSR count). The highest BCUT2D eigenvalue weighted by molar-refractivity contribution is 5.89. The van der Waals surface area contributed by atoms with Crippen LogP contribution in [0, 0.1) is 6.92 Å². The molecule has 0 saturated heterocycles. The number of hydrogen-bond acceptors (Lipinski definition) is 3. The normalized spacial score (nSPS) is 11.3. The Kier molecular flexibility index (Phi) is 4.35. The minimum Gasteiger partial charge on any atom is -0.487 e. The maximum absolute atomic E-state index is 13.0. The van der Waals surface area contributed by atoms with Crippen molar-refractivity contribution >= 4 is 5.97 Å². The third-order valence-corrected chi connectivity index (χ3v) is 3.04. The molecule has 1 N–H and O–H groups in total. The highest BCUT2D eigenvalue weighted by Gasteiger charge is 2.35. The number of carboxylic acids is 1. The van der Waals surface area contributed by atoms with Gasteiger partial charge in [-0.3, -0.25) is 4.98 Å². The van der Waals surface area contributed by atoms with E-state index in [0.29, 0.717) is 11.4 Å². The van der Waals surface area contributed by atoms with Crippen molar-refractivity contribution in [1.82, 2.24) is 4.98 Å². The number of halogens is 3. The van der Waals surface area contributed by atoms with Crippen LogP contribution >= 0.6 is 0 Å². The summed E-state index contributed by atoms with van der Waals surface area (Å²) in [6, 6.07) is 6.15. The molecular formula is C15H12F3NO3. The number of alkyl halides is 3. The smallest absolute Gasteiger partial charge is 0.416 e. The zero-order chi connectivity index (χ0) is 16.3. The fraction of sp³-hybridized carbons (Fsp3) is 0.200. The first-order valence-electron chi connectivity index (χ1n) is 6.27. The SMILES string of the molecule is Cc1ncccc1OCc1c(C(=O)O)cccc1C(F)(F)F. The van der Waals surface area contributed by atoms with Gasteiger partial charge < -0.3 is 9.84 Å². The predicted octanol–water partition coefficient (Wildman–Crippen LogP) is 3.69. The topological polar surface area (TPSA) is 59.4 Å². The number of ether oxygens (including phenoxy) is 1. The van der Waals surface area contributed by atoms with E-state index in [0.717, 1.165) is 18.2 Å². The van der Waals surface area contributed by atoms with Crippen LogP contribution in [0.15, 0.2) is 36.5 Å². The highest BCUT2D eigenvalue weighted by atomic mass is 19.4. The van der Waals surface area contributed by atoms with Gasteiger partial charge in [-0.25, -0.2) is 4.79 Å². The van der Waals surface area contributed by atoms with Crippen LogP contribution in [-0.2, 0) is 12.8 Å². The van der Waals surface area contributed by atoms with E-state index in [9.17, 15) is 18.0 Å². The molecule has 0 fully saturated rings. The van der Waals surface area contributed by atoms with Gasteiger partial charge in [0, 0.05) is 11.8 Å². The first-order valence-corrected chi connectivity index (χ1v) is 6.27. The van der Waals surface area contributed by atoms with E-state index in [1.165, 1.54) is 6.20 Å². The Balaban J connectivity index is 2.40. The van der Waals surface area contributed by atoms with Gasteiger partial charge in [0.15, 0.2) is 0 Å². The average Bonchev–Trinajstić information content (AvgIpc) is 2.45. The number of carboxylic acid groups (broad SMARTS) is 1. The Labute approximate surface area is 124 Å². The first kappa shape index (κ1) is 15.8. The molecule has 0 unspecified atom stereocenters. The van der Waals surface area contributed by atoms with Crippen molar-refractivity contribution in [3.05, 3.63) is 58.9 Å². The van der Waals surface area contributed by atoms with E-state index in [2.05, 4.69) is 4.98 Å². The number of benzene rings is 1. The number of pyridine rings is 1. The van der Waals surface area contributed by atoms with Crippen LogP contribution in [0.2, 0.25) is 0 Å². The quantitative estimate of drug-likeness (QED) is 0.935. The standard InChI is InChI=1S/C15H12F3NO3/c1-9-13(6-3-7-19-9)22-8-11-10(14(20)21)4-2-5-12(11)15(16,17)18/h2-7H,8H2,1H3,(H,20,21). The van der Waals surface area contributed by atoms with Crippen LogP contribution in [0.1, 0.15) is 27.2 Å². The number of nitrogens with zero attached hydrogens (tertiary/aromatic N) is 1. The second-order valence-electron chi connectivity index (χ2n) is 4.51. The van der Waals surface area contributed by atoms with Crippen molar-refractivity contribution in [1.29, 1.82) is 0 Å². The van der Waals surface area contributed by atoms with E-state index >= 15 is 0 Å². The second kappa shape index (κ2) is 6.05. The highest BCUT2D eigenvalue weighted by Crippen LogP contribution is 2.34. The number of aromatic carboxylic acids is 1. The van der Waals surface area contributed by atoms with Crippen molar-refractivity contribution in [2.75, 3.05) is 0 Å². The first-order chi connectivity index (χ1) is 10.3. The van der Waals surface area contributed by atoms with Gasteiger partial charge in [-0.1, -0.05) is 6.07 Å². The lowest BCUT2D eigenvalue weighted by atomic mass is 10.0. The molecule has 0 bridgehead atoms. The minimum atomic E-state index is -4.66. The van der Waals surface area contributed by atoms with Crippen LogP contribution in [0.25, 0.3) is 0 Å². The molecule has 1 aromatic carbocycles. The van der Waals surface area contributed by atoms with Gasteiger partial charge in [0.1, 0.15) is 12.4 Å². The molecule has 116 valence electrons. The van der Waals surface area contributed by atoms with E-state index in [4.69, 9.17) is 9.84 Å². The maximum Gasteiger partial charge on any atom is 0.416 e. The fourth-order valence-electron chi connectivity index (χ4n) is 1.98. The summed E-state index contributed by atoms with van der Waals surface area (Å²) in [4.78, 5) is 15.1. The molecule has 0 saturated carbocycles. The summed E-state index contributed by atoms with van der Waals surface area (Å²) in [6.45, 7) is 1.13. The van der Waals surface area contributed by atoms with E-state index < -0.39 is 35.4 Å². The van der Waals surface area contributed by atoms with Gasteiger partial charge in [-0.2, -0.15) is 13.2 Å². The summed E-state index contributed by atoms with van der Waals surface area (Å²) >= 11 is 0. The molecule has 0 amide bonds. The summed E-state index contributed by atoms with van der Waals surface area (Å²) in [6.07, 6.45) is -3.14. The van der Waals surface area contributed by atoms with Crippen LogP contribution in [0.4, 0.5) is 13.2 Å². The summed E-state index contributed by atoms with van der Waals surface area (Å²) in [5.41, 5.74) is -1.36. The summed E-state index contributed by atoms with van der Waals surface area (Å²) in [5, 5.41) is 9.07. The molecule has 0 spiro atoms. The third kappa shape index (κ3) is 3.36. The van der Waals surface area contributed by atoms with Gasteiger partial charge in [0.05, 0.1) is 16.8 Å². The molecule has 2 aromatic rings. The van der Waals surface area contributed by atoms with Crippen molar-refractivity contribution in [3.8, 4) is 5.75 Å². The Morgan fingerprint density at radius 3 is 2.59 bits per heavy atom. The van der Waals surface area contributed by atoms with Crippen LogP contribution in [0.5, 0.6) is 5.75 Å². The Bertz CT molecular complexity index is 699. The van der Waals surface area contributed by atoms with Gasteiger partial charge >= 0.3 is 12.1 Å². The van der Waals surface area contributed by atoms with Crippen molar-refractivity contribution in [2.45, 2.75) is 19.7 Å². The largest absolute Gasteiger partial charge is 0.487 e.